The van der Waals surface area contributed by atoms with Crippen molar-refractivity contribution >= 4 is 40.0 Å². The Bertz CT molecular complexity index is 863. The zero-order valence-electron chi connectivity index (χ0n) is 14.5. The van der Waals surface area contributed by atoms with Crippen molar-refractivity contribution in [1.82, 2.24) is 14.9 Å². The molecule has 8 nitrogen and oxygen atoms in total. The molecule has 1 amide bonds. The Morgan fingerprint density at radius 3 is 2.56 bits per heavy atom. The van der Waals surface area contributed by atoms with Gasteiger partial charge in [-0.15, -0.1) is 21.5 Å². The second kappa shape index (κ2) is 8.17. The highest BCUT2D eigenvalue weighted by Gasteiger charge is 2.38. The van der Waals surface area contributed by atoms with E-state index >= 15 is 0 Å². The van der Waals surface area contributed by atoms with E-state index in [4.69, 9.17) is 10.6 Å². The number of hydrogen-bond donors (Lipinski definition) is 2. The number of ether oxygens (including phenoxy) is 1. The third-order valence-corrected chi connectivity index (χ3v) is 5.43. The maximum absolute atomic E-state index is 12.6. The minimum atomic E-state index is -4.75. The molecule has 0 fully saturated rings. The van der Waals surface area contributed by atoms with E-state index in [9.17, 15) is 22.8 Å². The third-order valence-electron chi connectivity index (χ3n) is 3.37. The first kappa shape index (κ1) is 21.0. The van der Waals surface area contributed by atoms with Gasteiger partial charge in [0, 0.05) is 4.88 Å². The maximum atomic E-state index is 12.6. The summed E-state index contributed by atoms with van der Waals surface area (Å²) in [6.07, 6.45) is -4.75. The summed E-state index contributed by atoms with van der Waals surface area (Å²) < 4.78 is 43.2. The van der Waals surface area contributed by atoms with Gasteiger partial charge in [-0.25, -0.2) is 9.47 Å². The molecule has 2 heterocycles. The first-order valence-electron chi connectivity index (χ1n) is 7.53. The van der Waals surface area contributed by atoms with E-state index in [1.54, 1.807) is 20.8 Å². The minimum Gasteiger partial charge on any atom is -0.462 e. The van der Waals surface area contributed by atoms with Gasteiger partial charge in [0.2, 0.25) is 11.1 Å². The second-order valence-electron chi connectivity index (χ2n) is 5.22. The lowest BCUT2D eigenvalue weighted by molar-refractivity contribution is -0.146. The molecule has 2 aromatic heterocycles. The Morgan fingerprint density at radius 2 is 2.00 bits per heavy atom. The maximum Gasteiger partial charge on any atom is 0.453 e. The largest absolute Gasteiger partial charge is 0.462 e. The fourth-order valence-corrected chi connectivity index (χ4v) is 3.75. The zero-order valence-corrected chi connectivity index (χ0v) is 16.1. The molecule has 0 spiro atoms. The normalized spacial score (nSPS) is 11.5. The van der Waals surface area contributed by atoms with Crippen LogP contribution in [0.3, 0.4) is 0 Å². The molecule has 0 aliphatic carbocycles. The molecule has 0 saturated heterocycles. The summed E-state index contributed by atoms with van der Waals surface area (Å²) in [5.74, 6) is 2.58. The number of carbonyl (C=O) groups excluding carboxylic acids is 2. The summed E-state index contributed by atoms with van der Waals surface area (Å²) in [4.78, 5) is 25.1. The van der Waals surface area contributed by atoms with Crippen LogP contribution >= 0.6 is 23.1 Å². The molecule has 0 aliphatic heterocycles. The second-order valence-corrected chi connectivity index (χ2v) is 7.39. The van der Waals surface area contributed by atoms with Gasteiger partial charge in [0.15, 0.2) is 0 Å². The number of thiophene rings is 1. The number of thioether (sulfide) groups is 1. The number of rotatable bonds is 6. The number of nitrogens with zero attached hydrogens (tertiary/aromatic N) is 3. The Kier molecular flexibility index (Phi) is 6.36. The van der Waals surface area contributed by atoms with E-state index in [1.807, 2.05) is 0 Å². The lowest BCUT2D eigenvalue weighted by atomic mass is 10.1. The minimum absolute atomic E-state index is 0.185. The molecule has 2 aromatic rings. The number of esters is 1. The van der Waals surface area contributed by atoms with Crippen LogP contribution in [0.15, 0.2) is 5.16 Å². The Labute approximate surface area is 160 Å². The molecular weight excluding hydrogens is 407 g/mol. The molecule has 0 aromatic carbocycles. The number of anilines is 1. The first-order chi connectivity index (χ1) is 12.6. The number of nitrogen functional groups attached to an aromatic ring is 1. The molecule has 0 unspecified atom stereocenters. The summed E-state index contributed by atoms with van der Waals surface area (Å²) in [6, 6.07) is 0. The molecule has 0 radical (unpaired) electrons. The summed E-state index contributed by atoms with van der Waals surface area (Å²) in [7, 11) is 0. The summed E-state index contributed by atoms with van der Waals surface area (Å²) >= 11 is 1.89. The fourth-order valence-electron chi connectivity index (χ4n) is 2.03. The van der Waals surface area contributed by atoms with Crippen molar-refractivity contribution in [2.45, 2.75) is 32.1 Å². The highest BCUT2D eigenvalue weighted by Crippen LogP contribution is 2.33. The predicted octanol–water partition coefficient (Wildman–Crippen LogP) is 2.60. The van der Waals surface area contributed by atoms with E-state index in [0.717, 1.165) is 4.88 Å². The van der Waals surface area contributed by atoms with Crippen LogP contribution < -0.4 is 11.2 Å². The van der Waals surface area contributed by atoms with Gasteiger partial charge >= 0.3 is 12.1 Å². The van der Waals surface area contributed by atoms with Gasteiger partial charge in [0.25, 0.3) is 5.82 Å². The van der Waals surface area contributed by atoms with Crippen LogP contribution in [0.4, 0.5) is 18.2 Å². The lowest BCUT2D eigenvalue weighted by Gasteiger charge is -2.07. The van der Waals surface area contributed by atoms with Crippen molar-refractivity contribution in [3.8, 4) is 0 Å². The van der Waals surface area contributed by atoms with Crippen LogP contribution in [0.25, 0.3) is 0 Å². The van der Waals surface area contributed by atoms with Gasteiger partial charge < -0.3 is 15.9 Å². The lowest BCUT2D eigenvalue weighted by Crippen LogP contribution is -2.22. The smallest absolute Gasteiger partial charge is 0.453 e. The van der Waals surface area contributed by atoms with Crippen LogP contribution in [0.2, 0.25) is 0 Å². The van der Waals surface area contributed by atoms with Crippen LogP contribution in [0.1, 0.15) is 33.5 Å². The Balaban J connectivity index is 2.08. The van der Waals surface area contributed by atoms with Crippen molar-refractivity contribution < 1.29 is 27.5 Å². The number of carbonyl (C=O) groups is 2. The highest BCUT2D eigenvalue weighted by molar-refractivity contribution is 7.99. The van der Waals surface area contributed by atoms with Crippen molar-refractivity contribution in [2.24, 2.45) is 0 Å². The van der Waals surface area contributed by atoms with Gasteiger partial charge in [-0.05, 0) is 26.3 Å². The molecule has 148 valence electrons. The van der Waals surface area contributed by atoms with E-state index in [2.05, 4.69) is 15.5 Å². The van der Waals surface area contributed by atoms with Gasteiger partial charge in [0.1, 0.15) is 5.00 Å². The molecule has 13 heteroatoms. The molecule has 0 atom stereocenters. The van der Waals surface area contributed by atoms with E-state index in [-0.39, 0.29) is 27.8 Å². The number of nitrogens with one attached hydrogen (secondary N) is 1. The first-order valence-corrected chi connectivity index (χ1v) is 9.33. The number of aryl methyl sites for hydroxylation is 1. The SMILES string of the molecule is CCOC(=O)c1c(NC(=O)CSc2nnc(C(F)(F)F)n2N)sc(C)c1C. The number of amides is 1. The van der Waals surface area contributed by atoms with E-state index < -0.39 is 23.9 Å². The van der Waals surface area contributed by atoms with Crippen LogP contribution in [0.5, 0.6) is 0 Å². The van der Waals surface area contributed by atoms with Crippen LogP contribution in [0, 0.1) is 13.8 Å². The third kappa shape index (κ3) is 4.71. The molecule has 3 N–H and O–H groups in total. The number of halogens is 3. The number of nitrogens with two attached hydrogens (primary N) is 1. The van der Waals surface area contributed by atoms with Crippen molar-refractivity contribution in [2.75, 3.05) is 23.5 Å². The van der Waals surface area contributed by atoms with Gasteiger partial charge in [-0.3, -0.25) is 4.79 Å². The number of alkyl halides is 3. The standard InChI is InChI=1S/C14H16F3N5O3S2/c1-4-25-11(24)9-6(2)7(3)27-10(9)19-8(23)5-26-13-21-20-12(22(13)18)14(15,16)17/h4-5,18H2,1-3H3,(H,19,23). The average Bonchev–Trinajstić information content (AvgIpc) is 3.06. The quantitative estimate of drug-likeness (QED) is 0.417. The molecule has 0 saturated carbocycles. The van der Waals surface area contributed by atoms with Gasteiger partial charge in [0.05, 0.1) is 17.9 Å². The van der Waals surface area contributed by atoms with Gasteiger partial charge in [-0.1, -0.05) is 11.8 Å². The Hall–Kier alpha value is -2.28. The molecule has 2 rings (SSSR count). The van der Waals surface area contributed by atoms with Crippen molar-refractivity contribution in [3.63, 3.8) is 0 Å². The summed E-state index contributed by atoms with van der Waals surface area (Å²) in [5.41, 5.74) is 0.956. The van der Waals surface area contributed by atoms with Crippen molar-refractivity contribution in [3.05, 3.63) is 21.8 Å². The molecular formula is C14H16F3N5O3S2. The Morgan fingerprint density at radius 1 is 1.33 bits per heavy atom. The predicted molar refractivity (Wildman–Crippen MR) is 94.3 cm³/mol. The van der Waals surface area contributed by atoms with E-state index in [1.165, 1.54) is 11.3 Å². The fraction of sp³-hybridized carbons (Fsp3) is 0.429. The van der Waals surface area contributed by atoms with Gasteiger partial charge in [-0.2, -0.15) is 13.2 Å². The summed E-state index contributed by atoms with van der Waals surface area (Å²) in [5, 5.41) is 8.93. The topological polar surface area (TPSA) is 112 Å². The summed E-state index contributed by atoms with van der Waals surface area (Å²) in [6.45, 7) is 5.38. The van der Waals surface area contributed by atoms with Crippen LogP contribution in [-0.4, -0.2) is 39.1 Å². The average molecular weight is 423 g/mol. The zero-order chi connectivity index (χ0) is 20.4. The van der Waals surface area contributed by atoms with E-state index in [0.29, 0.717) is 22.3 Å². The van der Waals surface area contributed by atoms with Crippen molar-refractivity contribution in [1.29, 1.82) is 0 Å². The highest BCUT2D eigenvalue weighted by atomic mass is 32.2. The number of hydrogen-bond acceptors (Lipinski definition) is 8. The monoisotopic (exact) mass is 423 g/mol. The number of aromatic nitrogens is 3. The molecule has 0 aliphatic rings. The molecule has 0 bridgehead atoms. The molecule has 27 heavy (non-hydrogen) atoms. The van der Waals surface area contributed by atoms with Crippen LogP contribution in [-0.2, 0) is 15.7 Å².